The summed E-state index contributed by atoms with van der Waals surface area (Å²) in [6, 6.07) is 8.31. The maximum absolute atomic E-state index is 5.25. The zero-order valence-corrected chi connectivity index (χ0v) is 17.2. The highest BCUT2D eigenvalue weighted by molar-refractivity contribution is 5.80. The number of guanidine groups is 1. The molecule has 1 aromatic carbocycles. The van der Waals surface area contributed by atoms with Crippen LogP contribution < -0.4 is 15.0 Å². The topological polar surface area (TPSA) is 68.8 Å². The fourth-order valence-corrected chi connectivity index (χ4v) is 3.48. The molecule has 0 bridgehead atoms. The van der Waals surface area contributed by atoms with Gasteiger partial charge >= 0.3 is 0 Å². The second-order valence-corrected chi connectivity index (χ2v) is 7.03. The predicted molar refractivity (Wildman–Crippen MR) is 114 cm³/mol. The molecule has 2 aromatic rings. The molecule has 7 nitrogen and oxygen atoms in total. The summed E-state index contributed by atoms with van der Waals surface area (Å²) in [5.74, 6) is 1.93. The Morgan fingerprint density at radius 1 is 1.21 bits per heavy atom. The molecule has 0 radical (unpaired) electrons. The number of hydrogen-bond donors (Lipinski definition) is 2. The van der Waals surface area contributed by atoms with Crippen molar-refractivity contribution < 1.29 is 4.74 Å². The van der Waals surface area contributed by atoms with Crippen LogP contribution in [0.5, 0.6) is 5.75 Å². The van der Waals surface area contributed by atoms with Gasteiger partial charge in [-0.1, -0.05) is 0 Å². The molecule has 0 amide bonds. The van der Waals surface area contributed by atoms with E-state index in [1.54, 1.807) is 7.11 Å². The van der Waals surface area contributed by atoms with Crippen LogP contribution in [0.2, 0.25) is 0 Å². The van der Waals surface area contributed by atoms with Crippen LogP contribution in [0, 0.1) is 6.92 Å². The molecule has 0 atom stereocenters. The van der Waals surface area contributed by atoms with Gasteiger partial charge < -0.3 is 19.9 Å². The minimum Gasteiger partial charge on any atom is -0.497 e. The van der Waals surface area contributed by atoms with E-state index in [-0.39, 0.29) is 0 Å². The van der Waals surface area contributed by atoms with Crippen molar-refractivity contribution in [2.75, 3.05) is 51.3 Å². The molecule has 7 heteroatoms. The lowest BCUT2D eigenvalue weighted by molar-refractivity contribution is 0.372. The van der Waals surface area contributed by atoms with Crippen molar-refractivity contribution in [2.45, 2.75) is 26.7 Å². The van der Waals surface area contributed by atoms with E-state index in [4.69, 9.17) is 9.73 Å². The maximum atomic E-state index is 5.25. The van der Waals surface area contributed by atoms with Crippen LogP contribution in [-0.2, 0) is 6.42 Å². The van der Waals surface area contributed by atoms with Gasteiger partial charge in [-0.15, -0.1) is 0 Å². The summed E-state index contributed by atoms with van der Waals surface area (Å²) in [7, 11) is 1.70. The molecule has 28 heavy (non-hydrogen) atoms. The largest absolute Gasteiger partial charge is 0.497 e. The first-order valence-electron chi connectivity index (χ1n) is 10.1. The molecule has 3 rings (SSSR count). The molecule has 0 aliphatic carbocycles. The van der Waals surface area contributed by atoms with E-state index in [0.29, 0.717) is 0 Å². The predicted octanol–water partition coefficient (Wildman–Crippen LogP) is 2.45. The summed E-state index contributed by atoms with van der Waals surface area (Å²) >= 11 is 0. The second kappa shape index (κ2) is 10.0. The molecule has 0 unspecified atom stereocenters. The minimum atomic E-state index is 0.825. The van der Waals surface area contributed by atoms with Crippen LogP contribution in [0.3, 0.4) is 0 Å². The van der Waals surface area contributed by atoms with Crippen LogP contribution in [0.15, 0.2) is 35.5 Å². The summed E-state index contributed by atoms with van der Waals surface area (Å²) in [6.07, 6.45) is 3.96. The molecule has 1 aromatic heterocycles. The molecule has 1 saturated heterocycles. The Kier molecular flexibility index (Phi) is 7.17. The van der Waals surface area contributed by atoms with E-state index in [1.807, 2.05) is 18.3 Å². The van der Waals surface area contributed by atoms with Gasteiger partial charge in [-0.2, -0.15) is 5.10 Å². The standard InChI is InChI=1S/C21H32N6O/c1-4-22-21(23-11-5-6-18-16-24-25-17(18)2)27-14-12-26(13-15-27)19-7-9-20(28-3)10-8-19/h7-10,16H,4-6,11-15H2,1-3H3,(H,22,23)(H,24,25). The van der Waals surface area contributed by atoms with Gasteiger partial charge in [-0.3, -0.25) is 10.1 Å². The molecular weight excluding hydrogens is 352 g/mol. The molecule has 2 N–H and O–H groups in total. The van der Waals surface area contributed by atoms with Gasteiger partial charge in [0.15, 0.2) is 5.96 Å². The number of aliphatic imine (C=N–C) groups is 1. The van der Waals surface area contributed by atoms with E-state index >= 15 is 0 Å². The van der Waals surface area contributed by atoms with Crippen molar-refractivity contribution in [1.82, 2.24) is 20.4 Å². The highest BCUT2D eigenvalue weighted by Crippen LogP contribution is 2.20. The van der Waals surface area contributed by atoms with Gasteiger partial charge in [0.05, 0.1) is 13.3 Å². The van der Waals surface area contributed by atoms with Gasteiger partial charge in [-0.25, -0.2) is 0 Å². The summed E-state index contributed by atoms with van der Waals surface area (Å²) in [5.41, 5.74) is 3.69. The zero-order valence-electron chi connectivity index (χ0n) is 17.2. The lowest BCUT2D eigenvalue weighted by atomic mass is 10.1. The normalized spacial score (nSPS) is 15.0. The average Bonchev–Trinajstić information content (AvgIpc) is 3.15. The minimum absolute atomic E-state index is 0.825. The van der Waals surface area contributed by atoms with E-state index in [9.17, 15) is 0 Å². The van der Waals surface area contributed by atoms with Crippen LogP contribution in [-0.4, -0.2) is 67.4 Å². The lowest BCUT2D eigenvalue weighted by Crippen LogP contribution is -2.52. The average molecular weight is 385 g/mol. The number of nitrogens with zero attached hydrogens (tertiary/aromatic N) is 4. The summed E-state index contributed by atoms with van der Waals surface area (Å²) in [6.45, 7) is 9.83. The van der Waals surface area contributed by atoms with Crippen LogP contribution in [0.25, 0.3) is 0 Å². The van der Waals surface area contributed by atoms with Crippen molar-refractivity contribution in [3.05, 3.63) is 41.7 Å². The van der Waals surface area contributed by atoms with Crippen LogP contribution in [0.1, 0.15) is 24.6 Å². The molecule has 0 saturated carbocycles. The number of ether oxygens (including phenoxy) is 1. The third-order valence-corrected chi connectivity index (χ3v) is 5.15. The van der Waals surface area contributed by atoms with Gasteiger partial charge in [0.25, 0.3) is 0 Å². The summed E-state index contributed by atoms with van der Waals surface area (Å²) < 4.78 is 5.25. The van der Waals surface area contributed by atoms with E-state index < -0.39 is 0 Å². The quantitative estimate of drug-likeness (QED) is 0.436. The Morgan fingerprint density at radius 2 is 1.96 bits per heavy atom. The number of aromatic amines is 1. The molecule has 1 aliphatic rings. The number of methoxy groups -OCH3 is 1. The number of nitrogens with one attached hydrogen (secondary N) is 2. The fourth-order valence-electron chi connectivity index (χ4n) is 3.48. The van der Waals surface area contributed by atoms with Gasteiger partial charge in [-0.05, 0) is 56.5 Å². The number of aryl methyl sites for hydroxylation is 2. The molecule has 0 spiro atoms. The summed E-state index contributed by atoms with van der Waals surface area (Å²) in [5, 5.41) is 10.5. The number of piperazine rings is 1. The molecule has 1 aliphatic heterocycles. The first kappa shape index (κ1) is 20.0. The van der Waals surface area contributed by atoms with Crippen molar-refractivity contribution >= 4 is 11.6 Å². The molecule has 2 heterocycles. The highest BCUT2D eigenvalue weighted by atomic mass is 16.5. The number of anilines is 1. The number of hydrogen-bond acceptors (Lipinski definition) is 4. The van der Waals surface area contributed by atoms with Gasteiger partial charge in [0.1, 0.15) is 5.75 Å². The number of aromatic nitrogens is 2. The first-order chi connectivity index (χ1) is 13.7. The Bertz CT molecular complexity index is 747. The zero-order chi connectivity index (χ0) is 19.8. The van der Waals surface area contributed by atoms with Crippen LogP contribution >= 0.6 is 0 Å². The van der Waals surface area contributed by atoms with Crippen LogP contribution in [0.4, 0.5) is 5.69 Å². The Hall–Kier alpha value is -2.70. The Morgan fingerprint density at radius 3 is 2.57 bits per heavy atom. The molecule has 1 fully saturated rings. The molecular formula is C21H32N6O. The van der Waals surface area contributed by atoms with Crippen molar-refractivity contribution in [3.8, 4) is 5.75 Å². The van der Waals surface area contributed by atoms with E-state index in [1.165, 1.54) is 11.3 Å². The molecule has 152 valence electrons. The Labute approximate surface area is 167 Å². The number of benzene rings is 1. The third kappa shape index (κ3) is 5.18. The lowest BCUT2D eigenvalue weighted by Gasteiger charge is -2.37. The second-order valence-electron chi connectivity index (χ2n) is 7.03. The monoisotopic (exact) mass is 384 g/mol. The smallest absolute Gasteiger partial charge is 0.194 e. The first-order valence-corrected chi connectivity index (χ1v) is 10.1. The maximum Gasteiger partial charge on any atom is 0.194 e. The van der Waals surface area contributed by atoms with Gasteiger partial charge in [0.2, 0.25) is 0 Å². The van der Waals surface area contributed by atoms with E-state index in [2.05, 4.69) is 51.3 Å². The van der Waals surface area contributed by atoms with Crippen molar-refractivity contribution in [3.63, 3.8) is 0 Å². The highest BCUT2D eigenvalue weighted by Gasteiger charge is 2.19. The SMILES string of the molecule is CCNC(=NCCCc1cn[nH]c1C)N1CCN(c2ccc(OC)cc2)CC1. The van der Waals surface area contributed by atoms with E-state index in [0.717, 1.165) is 69.5 Å². The number of rotatable bonds is 7. The fraction of sp³-hybridized carbons (Fsp3) is 0.524. The summed E-state index contributed by atoms with van der Waals surface area (Å²) in [4.78, 5) is 9.64. The van der Waals surface area contributed by atoms with Crippen molar-refractivity contribution in [1.29, 1.82) is 0 Å². The van der Waals surface area contributed by atoms with Crippen molar-refractivity contribution in [2.24, 2.45) is 4.99 Å². The Balaban J connectivity index is 1.50. The third-order valence-electron chi connectivity index (χ3n) is 5.15. The van der Waals surface area contributed by atoms with Gasteiger partial charge in [0, 0.05) is 50.6 Å². The number of H-pyrrole nitrogens is 1.